The summed E-state index contributed by atoms with van der Waals surface area (Å²) in [5, 5.41) is 11.5. The van der Waals surface area contributed by atoms with Crippen LogP contribution in [0.3, 0.4) is 0 Å². The van der Waals surface area contributed by atoms with Crippen molar-refractivity contribution in [3.05, 3.63) is 71.8 Å². The lowest BCUT2D eigenvalue weighted by molar-refractivity contribution is -0.355. The van der Waals surface area contributed by atoms with E-state index in [0.29, 0.717) is 19.3 Å². The number of aliphatic hydroxyl groups excluding tert-OH is 1. The molecular formula is C25H31NO5. The zero-order chi connectivity index (χ0) is 21.2. The van der Waals surface area contributed by atoms with Crippen LogP contribution in [-0.2, 0) is 25.6 Å². The molecule has 2 aromatic rings. The topological polar surface area (TPSA) is 60.4 Å². The van der Waals surface area contributed by atoms with E-state index < -0.39 is 24.8 Å². The molecule has 3 aliphatic rings. The Balaban J connectivity index is 1.35. The van der Waals surface area contributed by atoms with Gasteiger partial charge in [0.1, 0.15) is 18.3 Å². The minimum atomic E-state index is -0.727. The predicted molar refractivity (Wildman–Crippen MR) is 115 cm³/mol. The molecule has 3 heterocycles. The van der Waals surface area contributed by atoms with E-state index in [2.05, 4.69) is 11.8 Å². The van der Waals surface area contributed by atoms with Gasteiger partial charge in [-0.25, -0.2) is 0 Å². The van der Waals surface area contributed by atoms with Crippen LogP contribution in [0.1, 0.15) is 37.2 Å². The molecule has 3 aliphatic heterocycles. The van der Waals surface area contributed by atoms with Gasteiger partial charge in [0.05, 0.1) is 19.3 Å². The lowest BCUT2D eigenvalue weighted by Gasteiger charge is -2.50. The first-order valence-electron chi connectivity index (χ1n) is 11.3. The van der Waals surface area contributed by atoms with Crippen LogP contribution >= 0.6 is 0 Å². The molecule has 0 spiro atoms. The summed E-state index contributed by atoms with van der Waals surface area (Å²) in [5.74, 6) is 0. The number of ether oxygens (including phenoxy) is 4. The first kappa shape index (κ1) is 21.1. The van der Waals surface area contributed by atoms with Gasteiger partial charge in [0.25, 0.3) is 0 Å². The number of likely N-dealkylation sites (tertiary alicyclic amines) is 1. The molecule has 7 atom stereocenters. The smallest absolute Gasteiger partial charge is 0.184 e. The number of benzene rings is 2. The number of aliphatic hydroxyl groups is 1. The number of nitrogens with zero attached hydrogens (tertiary/aromatic N) is 1. The maximum absolute atomic E-state index is 11.5. The summed E-state index contributed by atoms with van der Waals surface area (Å²) in [7, 11) is 0. The Bertz CT molecular complexity index is 834. The third-order valence-corrected chi connectivity index (χ3v) is 6.65. The molecule has 166 valence electrons. The van der Waals surface area contributed by atoms with E-state index >= 15 is 0 Å². The number of rotatable bonds is 5. The highest BCUT2D eigenvalue weighted by Gasteiger charge is 2.52. The van der Waals surface area contributed by atoms with Crippen LogP contribution in [0, 0.1) is 0 Å². The Morgan fingerprint density at radius 1 is 1.03 bits per heavy atom. The average Bonchev–Trinajstić information content (AvgIpc) is 3.24. The molecule has 3 saturated heterocycles. The van der Waals surface area contributed by atoms with Gasteiger partial charge in [-0.3, -0.25) is 4.90 Å². The fourth-order valence-electron chi connectivity index (χ4n) is 5.00. The molecule has 31 heavy (non-hydrogen) atoms. The monoisotopic (exact) mass is 425 g/mol. The highest BCUT2D eigenvalue weighted by molar-refractivity contribution is 5.17. The van der Waals surface area contributed by atoms with Crippen molar-refractivity contribution in [3.8, 4) is 0 Å². The Morgan fingerprint density at radius 2 is 1.77 bits per heavy atom. The first-order valence-corrected chi connectivity index (χ1v) is 11.3. The van der Waals surface area contributed by atoms with E-state index in [9.17, 15) is 5.11 Å². The van der Waals surface area contributed by atoms with Gasteiger partial charge in [-0.1, -0.05) is 60.7 Å². The highest BCUT2D eigenvalue weighted by Crippen LogP contribution is 2.38. The van der Waals surface area contributed by atoms with E-state index in [4.69, 9.17) is 18.9 Å². The van der Waals surface area contributed by atoms with Crippen LogP contribution in [0.4, 0.5) is 0 Å². The molecule has 3 fully saturated rings. The summed E-state index contributed by atoms with van der Waals surface area (Å²) in [5.41, 5.74) is 2.03. The van der Waals surface area contributed by atoms with Crippen molar-refractivity contribution in [1.82, 2.24) is 4.90 Å². The first-order chi connectivity index (χ1) is 15.2. The second-order valence-electron chi connectivity index (χ2n) is 8.73. The zero-order valence-corrected chi connectivity index (χ0v) is 17.9. The largest absolute Gasteiger partial charge is 0.388 e. The Kier molecular flexibility index (Phi) is 6.36. The quantitative estimate of drug-likeness (QED) is 0.794. The zero-order valence-electron chi connectivity index (χ0n) is 17.9. The van der Waals surface area contributed by atoms with Crippen LogP contribution in [0.2, 0.25) is 0 Å². The molecular weight excluding hydrogens is 394 g/mol. The molecule has 1 unspecified atom stereocenters. The summed E-state index contributed by atoms with van der Waals surface area (Å²) >= 11 is 0. The van der Waals surface area contributed by atoms with Crippen molar-refractivity contribution in [2.24, 2.45) is 0 Å². The van der Waals surface area contributed by atoms with E-state index in [1.54, 1.807) is 0 Å². The van der Waals surface area contributed by atoms with Gasteiger partial charge in [-0.05, 0) is 31.9 Å². The van der Waals surface area contributed by atoms with Gasteiger partial charge >= 0.3 is 0 Å². The molecule has 0 amide bonds. The van der Waals surface area contributed by atoms with Crippen molar-refractivity contribution in [1.29, 1.82) is 0 Å². The average molecular weight is 426 g/mol. The molecule has 0 bridgehead atoms. The van der Waals surface area contributed by atoms with E-state index in [0.717, 1.165) is 30.5 Å². The van der Waals surface area contributed by atoms with E-state index in [1.165, 1.54) is 0 Å². The van der Waals surface area contributed by atoms with Crippen LogP contribution < -0.4 is 0 Å². The molecule has 2 aromatic carbocycles. The number of fused-ring (bicyclic) bond motifs is 1. The third-order valence-electron chi connectivity index (χ3n) is 6.65. The molecule has 0 aromatic heterocycles. The van der Waals surface area contributed by atoms with Crippen molar-refractivity contribution in [2.75, 3.05) is 13.2 Å². The Hall–Kier alpha value is -1.80. The second kappa shape index (κ2) is 9.36. The second-order valence-corrected chi connectivity index (χ2v) is 8.73. The summed E-state index contributed by atoms with van der Waals surface area (Å²) < 4.78 is 24.8. The summed E-state index contributed by atoms with van der Waals surface area (Å²) in [6, 6.07) is 20.0. The Morgan fingerprint density at radius 3 is 2.48 bits per heavy atom. The predicted octanol–water partition coefficient (Wildman–Crippen LogP) is 3.26. The van der Waals surface area contributed by atoms with Gasteiger partial charge in [-0.15, -0.1) is 0 Å². The number of hydrogen-bond acceptors (Lipinski definition) is 6. The van der Waals surface area contributed by atoms with Gasteiger partial charge in [0.15, 0.2) is 12.6 Å². The summed E-state index contributed by atoms with van der Waals surface area (Å²) in [4.78, 5) is 2.33. The molecule has 0 saturated carbocycles. The van der Waals surface area contributed by atoms with Crippen LogP contribution in [-0.4, -0.2) is 59.8 Å². The lowest BCUT2D eigenvalue weighted by atomic mass is 9.94. The summed E-state index contributed by atoms with van der Waals surface area (Å²) in [6.45, 7) is 3.92. The van der Waals surface area contributed by atoms with Gasteiger partial charge in [0, 0.05) is 11.6 Å². The minimum Gasteiger partial charge on any atom is -0.388 e. The molecule has 6 heteroatoms. The Labute approximate surface area is 183 Å². The standard InChI is InChI=1S/C25H31NO5/c1-17-9-8-14-26(17)21-22(27)23-20(16-29-24(31-23)19-12-6-3-7-13-19)30-25(21)28-15-18-10-4-2-5-11-18/h2-7,10-13,17,20-25,27H,8-9,14-16H2,1H3/t17-,20-,21?,22+,23-,24-,25-/m1/s1. The third kappa shape index (κ3) is 4.42. The maximum Gasteiger partial charge on any atom is 0.184 e. The summed E-state index contributed by atoms with van der Waals surface area (Å²) in [6.07, 6.45) is -0.384. The molecule has 0 radical (unpaired) electrons. The van der Waals surface area contributed by atoms with Crippen molar-refractivity contribution < 1.29 is 24.1 Å². The van der Waals surface area contributed by atoms with Crippen molar-refractivity contribution in [3.63, 3.8) is 0 Å². The van der Waals surface area contributed by atoms with Gasteiger partial charge in [-0.2, -0.15) is 0 Å². The fourth-order valence-corrected chi connectivity index (χ4v) is 5.00. The number of hydrogen-bond donors (Lipinski definition) is 1. The maximum atomic E-state index is 11.5. The van der Waals surface area contributed by atoms with Crippen LogP contribution in [0.15, 0.2) is 60.7 Å². The van der Waals surface area contributed by atoms with E-state index in [-0.39, 0.29) is 12.1 Å². The fraction of sp³-hybridized carbons (Fsp3) is 0.520. The SMILES string of the molecule is C[C@@H]1CCCN1C1[C@H](OCc2ccccc2)O[C@@H]2CO[C@@H](c3ccccc3)O[C@H]2[C@H]1O. The molecule has 5 rings (SSSR count). The molecule has 0 aliphatic carbocycles. The lowest BCUT2D eigenvalue weighted by Crippen LogP contribution is -2.67. The minimum absolute atomic E-state index is 0.281. The van der Waals surface area contributed by atoms with Crippen molar-refractivity contribution in [2.45, 2.75) is 69.3 Å². The molecule has 1 N–H and O–H groups in total. The van der Waals surface area contributed by atoms with Gasteiger partial charge < -0.3 is 24.1 Å². The van der Waals surface area contributed by atoms with Gasteiger partial charge in [0.2, 0.25) is 0 Å². The van der Waals surface area contributed by atoms with Crippen molar-refractivity contribution >= 4 is 0 Å². The van der Waals surface area contributed by atoms with Crippen LogP contribution in [0.25, 0.3) is 0 Å². The molecule has 6 nitrogen and oxygen atoms in total. The highest BCUT2D eigenvalue weighted by atomic mass is 16.7. The van der Waals surface area contributed by atoms with Crippen LogP contribution in [0.5, 0.6) is 0 Å². The van der Waals surface area contributed by atoms with E-state index in [1.807, 2.05) is 60.7 Å². The normalized spacial score (nSPS) is 36.3.